The number of esters is 1. The molecular formula is C15H18O4. The lowest BCUT2D eigenvalue weighted by Crippen LogP contribution is -2.41. The van der Waals surface area contributed by atoms with Crippen LogP contribution in [0.3, 0.4) is 0 Å². The van der Waals surface area contributed by atoms with Crippen LogP contribution in [0.1, 0.15) is 33.6 Å². The summed E-state index contributed by atoms with van der Waals surface area (Å²) in [4.78, 5) is 24.2. The van der Waals surface area contributed by atoms with Gasteiger partial charge in [-0.2, -0.15) is 0 Å². The number of carbonyl (C=O) groups excluding carboxylic acids is 2. The third-order valence-electron chi connectivity index (χ3n) is 5.76. The Balaban J connectivity index is 1.83. The zero-order chi connectivity index (χ0) is 13.6. The Morgan fingerprint density at radius 1 is 1.37 bits per heavy atom. The van der Waals surface area contributed by atoms with Gasteiger partial charge in [-0.05, 0) is 32.8 Å². The molecule has 2 heterocycles. The number of hydrogen-bond acceptors (Lipinski definition) is 4. The van der Waals surface area contributed by atoms with Gasteiger partial charge in [0.15, 0.2) is 11.4 Å². The van der Waals surface area contributed by atoms with Gasteiger partial charge in [0.2, 0.25) is 0 Å². The highest BCUT2D eigenvalue weighted by atomic mass is 16.6. The Morgan fingerprint density at radius 2 is 2.11 bits per heavy atom. The topological polar surface area (TPSA) is 55.9 Å². The third kappa shape index (κ3) is 1.11. The highest BCUT2D eigenvalue weighted by molar-refractivity contribution is 6.04. The standard InChI is InChI=1S/C15H18O4/c1-7-6-10(16)15-11(7)12-9(8(2)13(17)18-12)4-5-14(15,3)19-15/h6,8-9,11-12H,4-5H2,1-3H3. The zero-order valence-corrected chi connectivity index (χ0v) is 11.4. The SMILES string of the molecule is CC1=CC(=O)C23OC2(C)CCC2C(C)C(=O)OC2C13. The highest BCUT2D eigenvalue weighted by Gasteiger charge is 2.79. The van der Waals surface area contributed by atoms with Gasteiger partial charge in [0.1, 0.15) is 11.7 Å². The molecule has 6 unspecified atom stereocenters. The van der Waals surface area contributed by atoms with Crippen LogP contribution in [0, 0.1) is 17.8 Å². The van der Waals surface area contributed by atoms with Crippen molar-refractivity contribution in [2.24, 2.45) is 17.8 Å². The maximum atomic E-state index is 12.4. The predicted octanol–water partition coefficient (Wildman–Crippen LogP) is 1.63. The molecule has 0 aromatic rings. The second kappa shape index (κ2) is 3.11. The molecule has 0 bridgehead atoms. The quantitative estimate of drug-likeness (QED) is 0.492. The van der Waals surface area contributed by atoms with Crippen LogP contribution in [0.2, 0.25) is 0 Å². The van der Waals surface area contributed by atoms with E-state index in [0.717, 1.165) is 18.4 Å². The van der Waals surface area contributed by atoms with Crippen molar-refractivity contribution in [1.29, 1.82) is 0 Å². The second-order valence-corrected chi connectivity index (χ2v) is 6.69. The summed E-state index contributed by atoms with van der Waals surface area (Å²) in [5, 5.41) is 0. The minimum atomic E-state index is -0.735. The van der Waals surface area contributed by atoms with Gasteiger partial charge in [-0.25, -0.2) is 0 Å². The molecule has 1 spiro atoms. The largest absolute Gasteiger partial charge is 0.461 e. The van der Waals surface area contributed by atoms with E-state index in [1.807, 2.05) is 20.8 Å². The zero-order valence-electron chi connectivity index (χ0n) is 11.4. The molecule has 0 N–H and O–H groups in total. The van der Waals surface area contributed by atoms with E-state index in [1.165, 1.54) is 0 Å². The van der Waals surface area contributed by atoms with Crippen molar-refractivity contribution >= 4 is 11.8 Å². The first-order chi connectivity index (χ1) is 8.91. The van der Waals surface area contributed by atoms with Crippen LogP contribution >= 0.6 is 0 Å². The Labute approximate surface area is 112 Å². The molecular weight excluding hydrogens is 244 g/mol. The molecule has 2 aliphatic heterocycles. The number of hydrogen-bond donors (Lipinski definition) is 0. The average molecular weight is 262 g/mol. The molecule has 0 amide bonds. The van der Waals surface area contributed by atoms with Crippen LogP contribution in [0.5, 0.6) is 0 Å². The fraction of sp³-hybridized carbons (Fsp3) is 0.733. The van der Waals surface area contributed by atoms with Crippen LogP contribution < -0.4 is 0 Å². The highest BCUT2D eigenvalue weighted by Crippen LogP contribution is 2.65. The first kappa shape index (κ1) is 11.6. The second-order valence-electron chi connectivity index (χ2n) is 6.69. The molecule has 4 aliphatic rings. The lowest BCUT2D eigenvalue weighted by molar-refractivity contribution is -0.146. The summed E-state index contributed by atoms with van der Waals surface area (Å²) in [6, 6.07) is 0. The summed E-state index contributed by atoms with van der Waals surface area (Å²) in [5.41, 5.74) is -0.0899. The molecule has 4 nitrogen and oxygen atoms in total. The smallest absolute Gasteiger partial charge is 0.309 e. The lowest BCUT2D eigenvalue weighted by Gasteiger charge is -2.26. The number of ketones is 1. The Morgan fingerprint density at radius 3 is 2.84 bits per heavy atom. The third-order valence-corrected chi connectivity index (χ3v) is 5.76. The number of fused-ring (bicyclic) bond motifs is 2. The van der Waals surface area contributed by atoms with Crippen molar-refractivity contribution in [1.82, 2.24) is 0 Å². The molecule has 6 atom stereocenters. The van der Waals surface area contributed by atoms with Crippen molar-refractivity contribution in [3.05, 3.63) is 11.6 Å². The summed E-state index contributed by atoms with van der Waals surface area (Å²) in [6.45, 7) is 5.92. The summed E-state index contributed by atoms with van der Waals surface area (Å²) in [6.07, 6.45) is 3.23. The molecule has 4 heteroatoms. The number of carbonyl (C=O) groups is 2. The minimum absolute atomic E-state index is 0.0633. The number of epoxide rings is 1. The van der Waals surface area contributed by atoms with E-state index < -0.39 is 5.60 Å². The van der Waals surface area contributed by atoms with Crippen LogP contribution in [-0.2, 0) is 19.1 Å². The molecule has 0 aromatic carbocycles. The molecule has 0 aromatic heterocycles. The van der Waals surface area contributed by atoms with Gasteiger partial charge in [-0.1, -0.05) is 12.5 Å². The summed E-state index contributed by atoms with van der Waals surface area (Å²) < 4.78 is 11.5. The van der Waals surface area contributed by atoms with Crippen molar-refractivity contribution in [2.75, 3.05) is 0 Å². The van der Waals surface area contributed by atoms with Crippen LogP contribution in [0.15, 0.2) is 11.6 Å². The molecule has 4 rings (SSSR count). The van der Waals surface area contributed by atoms with Gasteiger partial charge < -0.3 is 9.47 Å². The van der Waals surface area contributed by atoms with E-state index in [0.29, 0.717) is 0 Å². The maximum absolute atomic E-state index is 12.4. The number of rotatable bonds is 0. The normalized spacial score (nSPS) is 54.8. The summed E-state index contributed by atoms with van der Waals surface area (Å²) in [7, 11) is 0. The molecule has 19 heavy (non-hydrogen) atoms. The summed E-state index contributed by atoms with van der Waals surface area (Å²) in [5.74, 6) is 0.0187. The van der Waals surface area contributed by atoms with Gasteiger partial charge in [0, 0.05) is 5.92 Å². The first-order valence-corrected chi connectivity index (χ1v) is 7.04. The van der Waals surface area contributed by atoms with Crippen LogP contribution in [0.25, 0.3) is 0 Å². The lowest BCUT2D eigenvalue weighted by atomic mass is 9.77. The van der Waals surface area contributed by atoms with E-state index in [9.17, 15) is 9.59 Å². The van der Waals surface area contributed by atoms with Crippen LogP contribution in [-0.4, -0.2) is 29.1 Å². The van der Waals surface area contributed by atoms with Crippen LogP contribution in [0.4, 0.5) is 0 Å². The average Bonchev–Trinajstić information content (AvgIpc) is 2.77. The van der Waals surface area contributed by atoms with Crippen molar-refractivity contribution < 1.29 is 19.1 Å². The van der Waals surface area contributed by atoms with Crippen molar-refractivity contribution in [2.45, 2.75) is 50.9 Å². The van der Waals surface area contributed by atoms with E-state index in [-0.39, 0.29) is 41.2 Å². The number of ether oxygens (including phenoxy) is 2. The molecule has 2 saturated heterocycles. The molecule has 0 radical (unpaired) electrons. The van der Waals surface area contributed by atoms with E-state index in [2.05, 4.69) is 0 Å². The Bertz CT molecular complexity index is 536. The molecule has 1 saturated carbocycles. The fourth-order valence-corrected chi connectivity index (χ4v) is 4.60. The van der Waals surface area contributed by atoms with E-state index >= 15 is 0 Å². The first-order valence-electron chi connectivity index (χ1n) is 7.04. The molecule has 102 valence electrons. The Kier molecular flexibility index (Phi) is 1.91. The monoisotopic (exact) mass is 262 g/mol. The predicted molar refractivity (Wildman–Crippen MR) is 66.2 cm³/mol. The van der Waals surface area contributed by atoms with Gasteiger partial charge >= 0.3 is 5.97 Å². The van der Waals surface area contributed by atoms with E-state index in [1.54, 1.807) is 6.08 Å². The van der Waals surface area contributed by atoms with Gasteiger partial charge in [0.05, 0.1) is 11.8 Å². The molecule has 3 fully saturated rings. The van der Waals surface area contributed by atoms with E-state index in [4.69, 9.17) is 9.47 Å². The van der Waals surface area contributed by atoms with Crippen molar-refractivity contribution in [3.63, 3.8) is 0 Å². The van der Waals surface area contributed by atoms with Gasteiger partial charge in [-0.3, -0.25) is 9.59 Å². The van der Waals surface area contributed by atoms with Crippen molar-refractivity contribution in [3.8, 4) is 0 Å². The molecule has 2 aliphatic carbocycles. The summed E-state index contributed by atoms with van der Waals surface area (Å²) >= 11 is 0. The van der Waals surface area contributed by atoms with Gasteiger partial charge in [0.25, 0.3) is 0 Å². The Hall–Kier alpha value is -1.16. The van der Waals surface area contributed by atoms with Gasteiger partial charge in [-0.15, -0.1) is 0 Å². The fourth-order valence-electron chi connectivity index (χ4n) is 4.60. The maximum Gasteiger partial charge on any atom is 0.309 e. The minimum Gasteiger partial charge on any atom is -0.461 e.